The minimum absolute atomic E-state index is 0.0900. The molecular formula is C18H24N2O3S. The van der Waals surface area contributed by atoms with Gasteiger partial charge in [0.15, 0.2) is 5.16 Å². The van der Waals surface area contributed by atoms with Crippen molar-refractivity contribution in [1.29, 1.82) is 0 Å². The fraction of sp³-hybridized carbons (Fsp3) is 0.444. The maximum absolute atomic E-state index is 11.0. The summed E-state index contributed by atoms with van der Waals surface area (Å²) in [6.07, 6.45) is 0.771. The highest BCUT2D eigenvalue weighted by atomic mass is 32.2. The second-order valence-corrected chi connectivity index (χ2v) is 6.82. The average molecular weight is 348 g/mol. The topological polar surface area (TPSA) is 64.2 Å². The number of hydrogen-bond donors (Lipinski definition) is 1. The van der Waals surface area contributed by atoms with E-state index >= 15 is 0 Å². The average Bonchev–Trinajstić information content (AvgIpc) is 3.01. The van der Waals surface area contributed by atoms with Gasteiger partial charge in [-0.1, -0.05) is 37.8 Å². The Morgan fingerprint density at radius 3 is 2.79 bits per heavy atom. The molecule has 0 spiro atoms. The molecule has 0 aliphatic carbocycles. The minimum atomic E-state index is -0.162. The van der Waals surface area contributed by atoms with Gasteiger partial charge >= 0.3 is 0 Å². The van der Waals surface area contributed by atoms with Crippen LogP contribution in [0.1, 0.15) is 13.8 Å². The summed E-state index contributed by atoms with van der Waals surface area (Å²) in [5.41, 5.74) is 2.87. The van der Waals surface area contributed by atoms with Gasteiger partial charge in [-0.15, -0.1) is 0 Å². The number of H-pyrrole nitrogens is 1. The number of fused-ring (bicyclic) bond motifs is 1. The molecule has 2 aromatic rings. The summed E-state index contributed by atoms with van der Waals surface area (Å²) in [6.45, 7) is 8.07. The molecule has 1 aromatic heterocycles. The third-order valence-corrected chi connectivity index (χ3v) is 5.19. The van der Waals surface area contributed by atoms with E-state index in [1.807, 2.05) is 32.0 Å². The van der Waals surface area contributed by atoms with Gasteiger partial charge in [-0.25, -0.2) is 4.98 Å². The van der Waals surface area contributed by atoms with Crippen LogP contribution in [0.3, 0.4) is 0 Å². The zero-order valence-corrected chi connectivity index (χ0v) is 15.4. The molecule has 1 heterocycles. The molecule has 0 bridgehead atoms. The first-order valence-corrected chi connectivity index (χ1v) is 8.81. The van der Waals surface area contributed by atoms with E-state index in [2.05, 4.69) is 16.5 Å². The highest BCUT2D eigenvalue weighted by molar-refractivity contribution is 7.99. The van der Waals surface area contributed by atoms with Crippen LogP contribution in [-0.4, -0.2) is 42.3 Å². The summed E-state index contributed by atoms with van der Waals surface area (Å²) >= 11 is 1.59. The van der Waals surface area contributed by atoms with Crippen LogP contribution in [0.5, 0.6) is 5.75 Å². The molecule has 0 aliphatic rings. The molecule has 0 saturated carbocycles. The predicted octanol–water partition coefficient (Wildman–Crippen LogP) is 3.71. The summed E-state index contributed by atoms with van der Waals surface area (Å²) in [7, 11) is 3.28. The first-order valence-electron chi connectivity index (χ1n) is 7.82. The number of carbonyl (C=O) groups excluding carboxylic acids is 1. The van der Waals surface area contributed by atoms with Crippen molar-refractivity contribution in [3.05, 3.63) is 30.4 Å². The largest absolute Gasteiger partial charge is 0.497 e. The van der Waals surface area contributed by atoms with Crippen LogP contribution in [0.25, 0.3) is 11.0 Å². The molecule has 1 N–H and O–H groups in total. The molecule has 2 rings (SSSR count). The Morgan fingerprint density at radius 1 is 1.42 bits per heavy atom. The highest BCUT2D eigenvalue weighted by Gasteiger charge is 2.25. The lowest BCUT2D eigenvalue weighted by atomic mass is 9.89. The number of aldehydes is 1. The van der Waals surface area contributed by atoms with Gasteiger partial charge in [0.1, 0.15) is 12.0 Å². The Bertz CT molecular complexity index is 713. The number of ether oxygens (including phenoxy) is 2. The van der Waals surface area contributed by atoms with Crippen molar-refractivity contribution in [2.24, 2.45) is 11.8 Å². The van der Waals surface area contributed by atoms with Crippen molar-refractivity contribution in [2.75, 3.05) is 20.0 Å². The van der Waals surface area contributed by atoms with Crippen LogP contribution >= 0.6 is 11.8 Å². The number of imidazole rings is 1. The summed E-state index contributed by atoms with van der Waals surface area (Å²) in [6, 6.07) is 5.75. The molecule has 0 aliphatic heterocycles. The lowest BCUT2D eigenvalue weighted by molar-refractivity contribution is -0.115. The van der Waals surface area contributed by atoms with Gasteiger partial charge in [0, 0.05) is 30.8 Å². The van der Waals surface area contributed by atoms with Crippen LogP contribution in [-0.2, 0) is 9.53 Å². The highest BCUT2D eigenvalue weighted by Crippen LogP contribution is 2.28. The van der Waals surface area contributed by atoms with E-state index in [1.165, 1.54) is 0 Å². The molecule has 1 aromatic carbocycles. The van der Waals surface area contributed by atoms with Gasteiger partial charge in [0.2, 0.25) is 0 Å². The smallest absolute Gasteiger partial charge is 0.166 e. The third kappa shape index (κ3) is 4.19. The Hall–Kier alpha value is -1.79. The summed E-state index contributed by atoms with van der Waals surface area (Å²) in [5.74, 6) is 1.44. The number of nitrogens with one attached hydrogen (secondary N) is 1. The Morgan fingerprint density at radius 2 is 2.17 bits per heavy atom. The fourth-order valence-corrected chi connectivity index (χ4v) is 3.57. The minimum Gasteiger partial charge on any atom is -0.497 e. The van der Waals surface area contributed by atoms with Gasteiger partial charge in [0.05, 0.1) is 24.2 Å². The number of carbonyl (C=O) groups is 1. The predicted molar refractivity (Wildman–Crippen MR) is 97.7 cm³/mol. The van der Waals surface area contributed by atoms with Gasteiger partial charge in [-0.05, 0) is 12.1 Å². The molecule has 5 nitrogen and oxygen atoms in total. The quantitative estimate of drug-likeness (QED) is 0.425. The fourth-order valence-electron chi connectivity index (χ4n) is 2.64. The molecule has 3 unspecified atom stereocenters. The molecule has 0 amide bonds. The number of benzene rings is 1. The first kappa shape index (κ1) is 18.5. The van der Waals surface area contributed by atoms with Crippen molar-refractivity contribution in [1.82, 2.24) is 9.97 Å². The normalized spacial score (nSPS) is 15.0. The van der Waals surface area contributed by atoms with Crippen LogP contribution < -0.4 is 4.74 Å². The summed E-state index contributed by atoms with van der Waals surface area (Å²) < 4.78 is 10.7. The lowest BCUT2D eigenvalue weighted by Crippen LogP contribution is -2.30. The van der Waals surface area contributed by atoms with Crippen molar-refractivity contribution >= 4 is 29.1 Å². The molecule has 24 heavy (non-hydrogen) atoms. The van der Waals surface area contributed by atoms with E-state index in [0.717, 1.165) is 33.8 Å². The Kier molecular flexibility index (Phi) is 6.45. The van der Waals surface area contributed by atoms with Crippen LogP contribution in [0, 0.1) is 11.8 Å². The maximum atomic E-state index is 11.0. The molecule has 6 heteroatoms. The summed E-state index contributed by atoms with van der Waals surface area (Å²) in [5, 5.41) is 0.837. The van der Waals surface area contributed by atoms with Crippen LogP contribution in [0.4, 0.5) is 0 Å². The Labute approximate surface area is 146 Å². The zero-order chi connectivity index (χ0) is 17.7. The van der Waals surface area contributed by atoms with Crippen LogP contribution in [0.15, 0.2) is 35.5 Å². The lowest BCUT2D eigenvalue weighted by Gasteiger charge is -2.26. The molecule has 0 saturated heterocycles. The van der Waals surface area contributed by atoms with Gasteiger partial charge in [-0.2, -0.15) is 0 Å². The van der Waals surface area contributed by atoms with Crippen molar-refractivity contribution in [3.8, 4) is 5.75 Å². The number of rotatable bonds is 9. The number of nitrogens with zero attached hydrogens (tertiary/aromatic N) is 1. The van der Waals surface area contributed by atoms with E-state index < -0.39 is 0 Å². The van der Waals surface area contributed by atoms with Crippen molar-refractivity contribution < 1.29 is 14.3 Å². The van der Waals surface area contributed by atoms with E-state index in [1.54, 1.807) is 26.0 Å². The second-order valence-electron chi connectivity index (χ2n) is 5.86. The monoisotopic (exact) mass is 348 g/mol. The molecule has 0 radical (unpaired) electrons. The second kappa shape index (κ2) is 8.35. The SMILES string of the molecule is C=C(CSc1nc2ccc(OC)cc2[nH]1)C(C)C(OC)C(C)C=O. The molecule has 130 valence electrons. The number of aromatic amines is 1. The van der Waals surface area contributed by atoms with Gasteiger partial charge in [0.25, 0.3) is 0 Å². The summed E-state index contributed by atoms with van der Waals surface area (Å²) in [4.78, 5) is 18.9. The standard InChI is InChI=1S/C18H24N2O3S/c1-11(9-21)17(23-5)13(3)12(2)10-24-18-19-15-7-6-14(22-4)8-16(15)20-18/h6-9,11,13,17H,2,10H2,1,3-5H3,(H,19,20). The Balaban J connectivity index is 2.01. The third-order valence-electron chi connectivity index (χ3n) is 4.20. The maximum Gasteiger partial charge on any atom is 0.166 e. The van der Waals surface area contributed by atoms with E-state index in [-0.39, 0.29) is 17.9 Å². The first-order chi connectivity index (χ1) is 11.5. The van der Waals surface area contributed by atoms with Crippen LogP contribution in [0.2, 0.25) is 0 Å². The van der Waals surface area contributed by atoms with Crippen molar-refractivity contribution in [2.45, 2.75) is 25.1 Å². The number of thioether (sulfide) groups is 1. The van der Waals surface area contributed by atoms with E-state index in [9.17, 15) is 4.79 Å². The van der Waals surface area contributed by atoms with Crippen molar-refractivity contribution in [3.63, 3.8) is 0 Å². The molecule has 3 atom stereocenters. The van der Waals surface area contributed by atoms with Gasteiger partial charge < -0.3 is 19.3 Å². The number of methoxy groups -OCH3 is 2. The molecule has 0 fully saturated rings. The number of aromatic nitrogens is 2. The van der Waals surface area contributed by atoms with E-state index in [4.69, 9.17) is 9.47 Å². The van der Waals surface area contributed by atoms with Gasteiger partial charge in [-0.3, -0.25) is 0 Å². The van der Waals surface area contributed by atoms with E-state index in [0.29, 0.717) is 5.75 Å². The molecular weight excluding hydrogens is 324 g/mol. The number of hydrogen-bond acceptors (Lipinski definition) is 5. The zero-order valence-electron chi connectivity index (χ0n) is 14.5.